The van der Waals surface area contributed by atoms with Crippen molar-refractivity contribution in [2.45, 2.75) is 51.6 Å². The number of hydrogen-bond donors (Lipinski definition) is 1. The molecule has 4 amide bonds. The summed E-state index contributed by atoms with van der Waals surface area (Å²) >= 11 is 9.53. The van der Waals surface area contributed by atoms with E-state index in [2.05, 4.69) is 33.4 Å². The number of carbonyl (C=O) groups is 4. The van der Waals surface area contributed by atoms with Gasteiger partial charge in [0.1, 0.15) is 0 Å². The molecule has 4 aliphatic heterocycles. The van der Waals surface area contributed by atoms with Crippen molar-refractivity contribution >= 4 is 68.3 Å². The molecule has 0 aliphatic carbocycles. The van der Waals surface area contributed by atoms with E-state index < -0.39 is 22.2 Å². The molecule has 0 bridgehead atoms. The normalized spacial score (nSPS) is 16.7. The Morgan fingerprint density at radius 2 is 0.947 bits per heavy atom. The standard InChI is InChI=1S/C27H35N3O7S.C26H33N3O5.CH2Cl2/c1-5-28-13-15-29(16-14-28)22-9-6-8-20-25(22)27(32)30(26(20)31)21(10-7-17-37-38(4,33)34)19-11-12-23(35-2)24(18-19)36-3;1-4-27-12-14-28(15-13-27)21-8-5-7-19-24(21)26(32)29(25(19)31)20(9-6-16-30)18-10-11-22(33-2)23(17-18)34-3;2-1-3/h6,8-9,11-12,18,21H,5,7,10,13-17H2,1-4H3;5,7-8,10-11,17,20,30H,4,6,9,12-16H2,1-3H3;1H2/t21-;20-;/m11./s1. The molecule has 4 heterocycles. The predicted octanol–water partition coefficient (Wildman–Crippen LogP) is 7.32. The first-order chi connectivity index (χ1) is 36.1. The first kappa shape index (κ1) is 58.6. The number of aliphatic hydroxyl groups excluding tert-OH is 1. The van der Waals surface area contributed by atoms with Crippen LogP contribution in [0.5, 0.6) is 23.0 Å². The minimum absolute atomic E-state index is 0.0279. The highest BCUT2D eigenvalue weighted by Crippen LogP contribution is 2.43. The molecular formula is C54H70Cl2N6O12S. The first-order valence-electron chi connectivity index (χ1n) is 25.1. The maximum Gasteiger partial charge on any atom is 0.264 e. The highest BCUT2D eigenvalue weighted by atomic mass is 35.5. The highest BCUT2D eigenvalue weighted by molar-refractivity contribution is 7.85. The molecule has 0 spiro atoms. The van der Waals surface area contributed by atoms with E-state index in [-0.39, 0.29) is 42.2 Å². The van der Waals surface area contributed by atoms with Crippen molar-refractivity contribution < 1.29 is 55.8 Å². The number of amides is 4. The Labute approximate surface area is 451 Å². The van der Waals surface area contributed by atoms with Crippen molar-refractivity contribution in [1.29, 1.82) is 0 Å². The fraction of sp³-hybridized carbons (Fsp3) is 0.481. The van der Waals surface area contributed by atoms with Crippen LogP contribution in [-0.2, 0) is 14.3 Å². The van der Waals surface area contributed by atoms with Crippen LogP contribution in [-0.4, -0.2) is 175 Å². The van der Waals surface area contributed by atoms with E-state index in [9.17, 15) is 32.7 Å². The van der Waals surface area contributed by atoms with Gasteiger partial charge in [-0.15, -0.1) is 23.2 Å². The molecule has 2 saturated heterocycles. The number of halogens is 2. The number of fused-ring (bicyclic) bond motifs is 2. The maximum atomic E-state index is 14.0. The number of hydrogen-bond acceptors (Lipinski definition) is 16. The van der Waals surface area contributed by atoms with Gasteiger partial charge in [-0.2, -0.15) is 8.42 Å². The van der Waals surface area contributed by atoms with Gasteiger partial charge < -0.3 is 43.7 Å². The lowest BCUT2D eigenvalue weighted by Crippen LogP contribution is -2.46. The van der Waals surface area contributed by atoms with Gasteiger partial charge in [-0.3, -0.25) is 33.2 Å². The summed E-state index contributed by atoms with van der Waals surface area (Å²) in [4.78, 5) is 66.8. The summed E-state index contributed by atoms with van der Waals surface area (Å²) in [7, 11) is 2.56. The summed E-state index contributed by atoms with van der Waals surface area (Å²) in [6, 6.07) is 20.4. The zero-order valence-electron chi connectivity index (χ0n) is 43.9. The minimum atomic E-state index is -3.61. The quantitative estimate of drug-likeness (QED) is 0.0401. The lowest BCUT2D eigenvalue weighted by atomic mass is 9.99. The molecule has 75 heavy (non-hydrogen) atoms. The first-order valence-corrected chi connectivity index (χ1v) is 28.0. The van der Waals surface area contributed by atoms with Crippen LogP contribution in [0.1, 0.15) is 104 Å². The number of benzene rings is 4. The van der Waals surface area contributed by atoms with Gasteiger partial charge in [-0.1, -0.05) is 38.1 Å². The average Bonchev–Trinajstić information content (AvgIpc) is 3.84. The summed E-state index contributed by atoms with van der Waals surface area (Å²) in [6.45, 7) is 13.0. The fourth-order valence-electron chi connectivity index (χ4n) is 10.1. The second-order valence-corrected chi connectivity index (χ2v) is 20.6. The number of carbonyl (C=O) groups excluding carboxylic acids is 4. The van der Waals surface area contributed by atoms with Gasteiger partial charge in [0, 0.05) is 59.0 Å². The second-order valence-electron chi connectivity index (χ2n) is 18.1. The van der Waals surface area contributed by atoms with Gasteiger partial charge in [-0.25, -0.2) is 0 Å². The molecule has 4 aromatic rings. The number of rotatable bonds is 20. The van der Waals surface area contributed by atoms with Gasteiger partial charge in [0.2, 0.25) is 0 Å². The molecule has 4 aromatic carbocycles. The maximum absolute atomic E-state index is 14.0. The van der Waals surface area contributed by atoms with Crippen LogP contribution in [0.4, 0.5) is 11.4 Å². The molecule has 0 unspecified atom stereocenters. The number of anilines is 2. The summed E-state index contributed by atoms with van der Waals surface area (Å²) in [5, 5.41) is 9.70. The molecular weight excluding hydrogens is 1030 g/mol. The molecule has 408 valence electrons. The van der Waals surface area contributed by atoms with E-state index in [1.54, 1.807) is 56.7 Å². The number of ether oxygens (including phenoxy) is 4. The summed E-state index contributed by atoms with van der Waals surface area (Å²) in [5.41, 5.74) is 4.74. The van der Waals surface area contributed by atoms with Crippen LogP contribution < -0.4 is 28.7 Å². The van der Waals surface area contributed by atoms with E-state index in [1.165, 1.54) is 24.0 Å². The predicted molar refractivity (Wildman–Crippen MR) is 290 cm³/mol. The van der Waals surface area contributed by atoms with Gasteiger partial charge >= 0.3 is 0 Å². The molecule has 4 aliphatic rings. The summed E-state index contributed by atoms with van der Waals surface area (Å²) < 4.78 is 49.5. The molecule has 1 N–H and O–H groups in total. The Morgan fingerprint density at radius 1 is 0.560 bits per heavy atom. The van der Waals surface area contributed by atoms with Crippen LogP contribution >= 0.6 is 23.2 Å². The SMILES string of the molecule is CCN1CCN(c2cccc3c2C(=O)N([C@H](CCCO)c2ccc(OC)c(OC)c2)C3=O)CC1.CCN1CCN(c2cccc3c2C(=O)N([C@H](CCCOS(C)(=O)=O)c2ccc(OC)c(OC)c2)C3=O)CC1.ClCCl. The Balaban J connectivity index is 0.000000233. The topological polar surface area (TPSA) is 188 Å². The fourth-order valence-corrected chi connectivity index (χ4v) is 10.5. The Kier molecular flexibility index (Phi) is 21.4. The van der Waals surface area contributed by atoms with Crippen molar-refractivity contribution in [1.82, 2.24) is 19.6 Å². The third kappa shape index (κ3) is 13.7. The third-order valence-corrected chi connectivity index (χ3v) is 14.5. The number of nitrogens with zero attached hydrogens (tertiary/aromatic N) is 6. The van der Waals surface area contributed by atoms with Gasteiger partial charge in [0.05, 0.1) is 92.4 Å². The van der Waals surface area contributed by atoms with E-state index in [4.69, 9.17) is 46.3 Å². The molecule has 0 radical (unpaired) electrons. The summed E-state index contributed by atoms with van der Waals surface area (Å²) in [5.74, 6) is 0.770. The molecule has 18 nitrogen and oxygen atoms in total. The number of imide groups is 2. The van der Waals surface area contributed by atoms with Crippen LogP contribution in [0.2, 0.25) is 0 Å². The van der Waals surface area contributed by atoms with Crippen molar-refractivity contribution in [3.05, 3.63) is 106 Å². The smallest absolute Gasteiger partial charge is 0.264 e. The number of alkyl halides is 2. The second kappa shape index (κ2) is 27.4. The Morgan fingerprint density at radius 3 is 1.29 bits per heavy atom. The van der Waals surface area contributed by atoms with Gasteiger partial charge in [0.25, 0.3) is 33.7 Å². The number of aliphatic hydroxyl groups is 1. The Bertz CT molecular complexity index is 2740. The van der Waals surface area contributed by atoms with E-state index in [1.807, 2.05) is 30.3 Å². The monoisotopic (exact) mass is 1100 g/mol. The molecule has 2 fully saturated rings. The van der Waals surface area contributed by atoms with E-state index in [0.29, 0.717) is 76.5 Å². The minimum Gasteiger partial charge on any atom is -0.493 e. The zero-order valence-corrected chi connectivity index (χ0v) is 46.2. The van der Waals surface area contributed by atoms with Crippen LogP contribution in [0.3, 0.4) is 0 Å². The van der Waals surface area contributed by atoms with Crippen molar-refractivity contribution in [2.24, 2.45) is 0 Å². The van der Waals surface area contributed by atoms with Crippen molar-refractivity contribution in [3.63, 3.8) is 0 Å². The van der Waals surface area contributed by atoms with Crippen molar-refractivity contribution in [2.75, 3.05) is 128 Å². The molecule has 0 saturated carbocycles. The van der Waals surface area contributed by atoms with Crippen LogP contribution in [0.25, 0.3) is 0 Å². The molecule has 8 rings (SSSR count). The van der Waals surface area contributed by atoms with Crippen LogP contribution in [0.15, 0.2) is 72.8 Å². The lowest BCUT2D eigenvalue weighted by molar-refractivity contribution is 0.0553. The van der Waals surface area contributed by atoms with Crippen molar-refractivity contribution in [3.8, 4) is 23.0 Å². The average molecular weight is 1100 g/mol. The van der Waals surface area contributed by atoms with E-state index in [0.717, 1.165) is 88.6 Å². The van der Waals surface area contributed by atoms with Crippen LogP contribution in [0, 0.1) is 0 Å². The highest BCUT2D eigenvalue weighted by Gasteiger charge is 2.44. The number of methoxy groups -OCH3 is 4. The summed E-state index contributed by atoms with van der Waals surface area (Å²) in [6.07, 6.45) is 2.51. The van der Waals surface area contributed by atoms with Gasteiger partial charge in [0.15, 0.2) is 23.0 Å². The number of piperazine rings is 2. The van der Waals surface area contributed by atoms with E-state index >= 15 is 0 Å². The Hall–Kier alpha value is -5.67. The molecule has 2 atom stereocenters. The van der Waals surface area contributed by atoms with Gasteiger partial charge in [-0.05, 0) is 98.4 Å². The lowest BCUT2D eigenvalue weighted by Gasteiger charge is -2.36. The largest absolute Gasteiger partial charge is 0.493 e. The molecule has 21 heteroatoms. The molecule has 0 aromatic heterocycles. The third-order valence-electron chi connectivity index (χ3n) is 13.9. The number of likely N-dealkylation sites (N-methyl/N-ethyl adjacent to an activating group) is 2. The zero-order chi connectivity index (χ0) is 54.4.